The third kappa shape index (κ3) is 2.23. The summed E-state index contributed by atoms with van der Waals surface area (Å²) in [6, 6.07) is 1.21. The van der Waals surface area contributed by atoms with Crippen molar-refractivity contribution in [2.45, 2.75) is 32.6 Å². The second-order valence-electron chi connectivity index (χ2n) is 6.22. The Morgan fingerprint density at radius 1 is 1.26 bits per heavy atom. The summed E-state index contributed by atoms with van der Waals surface area (Å²) in [4.78, 5) is 13.9. The number of nitrogens with one attached hydrogen (secondary N) is 2. The van der Waals surface area contributed by atoms with Gasteiger partial charge in [0, 0.05) is 25.0 Å². The summed E-state index contributed by atoms with van der Waals surface area (Å²) in [5.41, 5.74) is -0.280. The van der Waals surface area contributed by atoms with Crippen LogP contribution < -0.4 is 10.2 Å². The third-order valence-electron chi connectivity index (χ3n) is 4.87. The molecule has 19 heavy (non-hydrogen) atoms. The summed E-state index contributed by atoms with van der Waals surface area (Å²) in [6.45, 7) is 8.86. The van der Waals surface area contributed by atoms with Gasteiger partial charge in [0.2, 0.25) is 15.5 Å². The molecule has 0 aromatic carbocycles. The van der Waals surface area contributed by atoms with Crippen LogP contribution in [0.15, 0.2) is 28.2 Å². The van der Waals surface area contributed by atoms with Crippen LogP contribution in [0.3, 0.4) is 0 Å². The van der Waals surface area contributed by atoms with E-state index in [0.29, 0.717) is 6.54 Å². The Balaban J connectivity index is 2.13. The fraction of sp³-hybridized carbons (Fsp3) is 0.615. The van der Waals surface area contributed by atoms with Crippen molar-refractivity contribution in [3.63, 3.8) is 0 Å². The Morgan fingerprint density at radius 2 is 1.84 bits per heavy atom. The van der Waals surface area contributed by atoms with Gasteiger partial charge in [0.15, 0.2) is 0 Å². The van der Waals surface area contributed by atoms with Crippen LogP contribution in [0.25, 0.3) is 0 Å². The van der Waals surface area contributed by atoms with Gasteiger partial charge in [-0.25, -0.2) is 13.1 Å². The third-order valence-corrected chi connectivity index (χ3v) is 6.32. The van der Waals surface area contributed by atoms with Crippen molar-refractivity contribution < 1.29 is 8.42 Å². The monoisotopic (exact) mass is 284 g/mol. The van der Waals surface area contributed by atoms with Crippen LogP contribution in [-0.4, -0.2) is 19.9 Å². The molecule has 0 amide bonds. The predicted octanol–water partition coefficient (Wildman–Crippen LogP) is 1.34. The first-order valence-corrected chi connectivity index (χ1v) is 7.76. The normalized spacial score (nSPS) is 21.3. The molecule has 0 radical (unpaired) electrons. The molecule has 1 fully saturated rings. The molecule has 0 saturated heterocycles. The zero-order valence-electron chi connectivity index (χ0n) is 11.6. The van der Waals surface area contributed by atoms with E-state index in [1.165, 1.54) is 18.5 Å². The lowest BCUT2D eigenvalue weighted by Gasteiger charge is -2.06. The van der Waals surface area contributed by atoms with Crippen molar-refractivity contribution in [2.75, 3.05) is 6.54 Å². The van der Waals surface area contributed by atoms with E-state index < -0.39 is 15.5 Å². The molecule has 1 aromatic rings. The second kappa shape index (κ2) is 4.18. The second-order valence-corrected chi connectivity index (χ2v) is 7.96. The summed E-state index contributed by atoms with van der Waals surface area (Å²) < 4.78 is 26.7. The molecule has 2 rings (SSSR count). The molecule has 0 spiro atoms. The van der Waals surface area contributed by atoms with Crippen LogP contribution in [0.5, 0.6) is 0 Å². The van der Waals surface area contributed by atoms with Gasteiger partial charge in [-0.1, -0.05) is 27.7 Å². The first-order valence-electron chi connectivity index (χ1n) is 6.27. The van der Waals surface area contributed by atoms with Crippen LogP contribution >= 0.6 is 0 Å². The largest absolute Gasteiger partial charge is 0.366 e. The molecule has 1 heterocycles. The molecule has 1 aromatic heterocycles. The van der Waals surface area contributed by atoms with E-state index >= 15 is 0 Å². The average molecular weight is 284 g/mol. The Morgan fingerprint density at radius 3 is 2.32 bits per heavy atom. The van der Waals surface area contributed by atoms with Crippen LogP contribution in [0.1, 0.15) is 27.7 Å². The highest BCUT2D eigenvalue weighted by Crippen LogP contribution is 2.67. The minimum Gasteiger partial charge on any atom is -0.366 e. The molecule has 0 bridgehead atoms. The highest BCUT2D eigenvalue weighted by atomic mass is 32.2. The molecule has 5 nitrogen and oxygen atoms in total. The molecule has 1 saturated carbocycles. The quantitative estimate of drug-likeness (QED) is 0.875. The summed E-state index contributed by atoms with van der Waals surface area (Å²) in [5.74, 6) is 0.276. The number of hydrogen-bond donors (Lipinski definition) is 2. The maximum absolute atomic E-state index is 12.1. The van der Waals surface area contributed by atoms with Gasteiger partial charge in [-0.15, -0.1) is 0 Å². The van der Waals surface area contributed by atoms with Crippen molar-refractivity contribution in [1.29, 1.82) is 0 Å². The SMILES string of the molecule is CC1(C)C(CNS(=O)(=O)c2c[nH]ccc2=O)C1(C)C. The molecule has 1 aliphatic carbocycles. The Kier molecular flexibility index (Phi) is 3.14. The Hall–Kier alpha value is -1.14. The van der Waals surface area contributed by atoms with Crippen LogP contribution in [0, 0.1) is 16.7 Å². The van der Waals surface area contributed by atoms with E-state index in [4.69, 9.17) is 0 Å². The molecule has 1 aliphatic rings. The number of hydrogen-bond acceptors (Lipinski definition) is 3. The molecule has 2 N–H and O–H groups in total. The molecule has 0 unspecified atom stereocenters. The Labute approximate surface area is 113 Å². The number of pyridine rings is 1. The first-order chi connectivity index (χ1) is 8.61. The first kappa shape index (κ1) is 14.3. The smallest absolute Gasteiger partial charge is 0.245 e. The molecule has 0 aliphatic heterocycles. The van der Waals surface area contributed by atoms with E-state index in [1.54, 1.807) is 0 Å². The number of aromatic nitrogens is 1. The van der Waals surface area contributed by atoms with Gasteiger partial charge in [-0.3, -0.25) is 4.79 Å². The van der Waals surface area contributed by atoms with E-state index in [9.17, 15) is 13.2 Å². The van der Waals surface area contributed by atoms with E-state index in [-0.39, 0.29) is 21.6 Å². The number of sulfonamides is 1. The van der Waals surface area contributed by atoms with Gasteiger partial charge < -0.3 is 4.98 Å². The topological polar surface area (TPSA) is 79.0 Å². The van der Waals surface area contributed by atoms with Crippen molar-refractivity contribution in [2.24, 2.45) is 16.7 Å². The minimum atomic E-state index is -3.74. The lowest BCUT2D eigenvalue weighted by molar-refractivity contribution is 0.457. The van der Waals surface area contributed by atoms with Crippen molar-refractivity contribution in [3.05, 3.63) is 28.7 Å². The lowest BCUT2D eigenvalue weighted by atomic mass is 10.0. The van der Waals surface area contributed by atoms with Gasteiger partial charge >= 0.3 is 0 Å². The van der Waals surface area contributed by atoms with Crippen molar-refractivity contribution in [3.8, 4) is 0 Å². The van der Waals surface area contributed by atoms with E-state index in [2.05, 4.69) is 37.4 Å². The van der Waals surface area contributed by atoms with E-state index in [1.807, 2.05) is 0 Å². The fourth-order valence-electron chi connectivity index (χ4n) is 2.73. The summed E-state index contributed by atoms with van der Waals surface area (Å²) >= 11 is 0. The average Bonchev–Trinajstić information content (AvgIpc) is 2.67. The zero-order chi connectivity index (χ0) is 14.5. The zero-order valence-corrected chi connectivity index (χ0v) is 12.5. The summed E-state index contributed by atoms with van der Waals surface area (Å²) in [5, 5.41) is 0. The maximum atomic E-state index is 12.1. The van der Waals surface area contributed by atoms with Gasteiger partial charge in [0.1, 0.15) is 4.90 Å². The lowest BCUT2D eigenvalue weighted by Crippen LogP contribution is -2.30. The van der Waals surface area contributed by atoms with Crippen LogP contribution in [0.4, 0.5) is 0 Å². The molecular weight excluding hydrogens is 264 g/mol. The highest BCUT2D eigenvalue weighted by molar-refractivity contribution is 7.89. The minimum absolute atomic E-state index is 0.110. The maximum Gasteiger partial charge on any atom is 0.245 e. The fourth-order valence-corrected chi connectivity index (χ4v) is 3.82. The van der Waals surface area contributed by atoms with Crippen molar-refractivity contribution >= 4 is 10.0 Å². The Bertz CT molecular complexity index is 630. The van der Waals surface area contributed by atoms with Crippen molar-refractivity contribution in [1.82, 2.24) is 9.71 Å². The molecule has 106 valence electrons. The van der Waals surface area contributed by atoms with Crippen LogP contribution in [-0.2, 0) is 10.0 Å². The van der Waals surface area contributed by atoms with E-state index in [0.717, 1.165) is 0 Å². The highest BCUT2D eigenvalue weighted by Gasteiger charge is 2.64. The van der Waals surface area contributed by atoms with Gasteiger partial charge in [-0.05, 0) is 16.7 Å². The number of rotatable bonds is 4. The summed E-state index contributed by atoms with van der Waals surface area (Å²) in [6.07, 6.45) is 2.63. The van der Waals surface area contributed by atoms with Crippen LogP contribution in [0.2, 0.25) is 0 Å². The van der Waals surface area contributed by atoms with Gasteiger partial charge in [0.25, 0.3) is 0 Å². The predicted molar refractivity (Wildman–Crippen MR) is 73.3 cm³/mol. The standard InChI is InChI=1S/C13H20N2O3S/c1-12(2)11(13(12,3)4)8-15-19(17,18)10-7-14-6-5-9(10)16/h5-7,11,15H,8H2,1-4H3,(H,14,16). The number of H-pyrrole nitrogens is 1. The van der Waals surface area contributed by atoms with Gasteiger partial charge in [0.05, 0.1) is 0 Å². The summed E-state index contributed by atoms with van der Waals surface area (Å²) in [7, 11) is -3.74. The number of aromatic amines is 1. The molecular formula is C13H20N2O3S. The van der Waals surface area contributed by atoms with Gasteiger partial charge in [-0.2, -0.15) is 0 Å². The molecule has 6 heteroatoms. The molecule has 0 atom stereocenters.